The van der Waals surface area contributed by atoms with Gasteiger partial charge in [0.15, 0.2) is 11.6 Å². The molecular weight excluding hydrogens is 589 g/mol. The van der Waals surface area contributed by atoms with Crippen LogP contribution in [0.4, 0.5) is 14.9 Å². The van der Waals surface area contributed by atoms with Gasteiger partial charge in [-0.15, -0.1) is 0 Å². The summed E-state index contributed by atoms with van der Waals surface area (Å²) in [6.07, 6.45) is 1.76. The number of likely N-dealkylation sites (tertiary alicyclic amines) is 1. The number of fused-ring (bicyclic) bond motifs is 4. The number of nitrogens with two attached hydrogens (primary N) is 1. The first-order valence-corrected chi connectivity index (χ1v) is 14.5. The molecule has 6 amide bonds. The summed E-state index contributed by atoms with van der Waals surface area (Å²) in [5, 5.41) is 11.5. The molecule has 4 aliphatic rings. The minimum Gasteiger partial charge on any atom is -0.505 e. The van der Waals surface area contributed by atoms with Gasteiger partial charge in [0.1, 0.15) is 0 Å². The number of phenolic OH excluding ortho intramolecular Hbond substituents is 1. The van der Waals surface area contributed by atoms with Crippen molar-refractivity contribution in [2.75, 3.05) is 4.90 Å². The van der Waals surface area contributed by atoms with E-state index in [1.54, 1.807) is 54.6 Å². The highest BCUT2D eigenvalue weighted by Crippen LogP contribution is 2.65. The van der Waals surface area contributed by atoms with Gasteiger partial charge in [0.05, 0.1) is 28.9 Å². The first-order valence-electron chi connectivity index (χ1n) is 14.1. The fourth-order valence-corrected chi connectivity index (χ4v) is 8.25. The standard InChI is InChI=1S/C33H25ClFN3O6/c34-17-8-4-9-18(14-17)37-29(41)23-15-22-19(12-13-20-25(22)30(42)38(28(20)40)32(36)44)26(21-10-5-11-24(35)27(21)39)33(23,31(37)43)16-6-2-1-3-7-16/h1-12,14,20,22-23,25-26,39H,13,15H2,(H2,36,44)/t20-,22+,23-,25-,26+,33+/m0/s1. The highest BCUT2D eigenvalue weighted by atomic mass is 35.5. The number of benzene rings is 3. The molecule has 0 spiro atoms. The first-order chi connectivity index (χ1) is 21.1. The van der Waals surface area contributed by atoms with Gasteiger partial charge in [-0.05, 0) is 48.6 Å². The van der Waals surface area contributed by atoms with Crippen molar-refractivity contribution in [1.82, 2.24) is 4.90 Å². The normalized spacial score (nSPS) is 29.3. The van der Waals surface area contributed by atoms with Crippen LogP contribution in [0, 0.1) is 29.5 Å². The Hall–Kier alpha value is -4.83. The molecule has 7 rings (SSSR count). The zero-order valence-electron chi connectivity index (χ0n) is 23.0. The largest absolute Gasteiger partial charge is 0.505 e. The van der Waals surface area contributed by atoms with Gasteiger partial charge in [0.2, 0.25) is 23.6 Å². The fraction of sp³-hybridized carbons (Fsp3) is 0.242. The van der Waals surface area contributed by atoms with Crippen LogP contribution in [0.1, 0.15) is 29.9 Å². The summed E-state index contributed by atoms with van der Waals surface area (Å²) in [7, 11) is 0. The second-order valence-electron chi connectivity index (χ2n) is 11.6. The van der Waals surface area contributed by atoms with E-state index in [1.165, 1.54) is 18.2 Å². The zero-order valence-corrected chi connectivity index (χ0v) is 23.8. The maximum atomic E-state index is 15.1. The molecule has 3 aromatic carbocycles. The van der Waals surface area contributed by atoms with E-state index >= 15 is 4.39 Å². The Balaban J connectivity index is 1.52. The number of nitrogens with zero attached hydrogens (tertiary/aromatic N) is 2. The van der Waals surface area contributed by atoms with Gasteiger partial charge in [0.25, 0.3) is 0 Å². The van der Waals surface area contributed by atoms with Gasteiger partial charge in [0, 0.05) is 16.5 Å². The van der Waals surface area contributed by atoms with E-state index in [1.807, 2.05) is 0 Å². The Kier molecular flexibility index (Phi) is 6.26. The van der Waals surface area contributed by atoms with Crippen LogP contribution in [0.15, 0.2) is 84.4 Å². The third-order valence-electron chi connectivity index (χ3n) is 9.72. The van der Waals surface area contributed by atoms with E-state index in [0.717, 1.165) is 11.0 Å². The Morgan fingerprint density at radius 1 is 0.932 bits per heavy atom. The van der Waals surface area contributed by atoms with Crippen molar-refractivity contribution in [2.45, 2.75) is 24.2 Å². The van der Waals surface area contributed by atoms with Crippen LogP contribution in [0.5, 0.6) is 5.75 Å². The molecule has 0 bridgehead atoms. The van der Waals surface area contributed by atoms with Crippen LogP contribution >= 0.6 is 11.6 Å². The highest BCUT2D eigenvalue weighted by molar-refractivity contribution is 6.32. The summed E-state index contributed by atoms with van der Waals surface area (Å²) in [6.45, 7) is 0. The van der Waals surface area contributed by atoms with Crippen LogP contribution in [-0.2, 0) is 24.6 Å². The molecule has 44 heavy (non-hydrogen) atoms. The molecule has 3 aromatic rings. The summed E-state index contributed by atoms with van der Waals surface area (Å²) in [6, 6.07) is 17.7. The molecule has 222 valence electrons. The maximum Gasteiger partial charge on any atom is 0.328 e. The lowest BCUT2D eigenvalue weighted by molar-refractivity contribution is -0.136. The van der Waals surface area contributed by atoms with Crippen LogP contribution < -0.4 is 10.6 Å². The predicted molar refractivity (Wildman–Crippen MR) is 156 cm³/mol. The smallest absolute Gasteiger partial charge is 0.328 e. The van der Waals surface area contributed by atoms with E-state index in [2.05, 4.69) is 0 Å². The molecule has 9 nitrogen and oxygen atoms in total. The molecule has 11 heteroatoms. The van der Waals surface area contributed by atoms with E-state index in [0.29, 0.717) is 21.1 Å². The van der Waals surface area contributed by atoms with Gasteiger partial charge in [-0.2, -0.15) is 4.90 Å². The number of para-hydroxylation sites is 1. The Labute approximate surface area is 255 Å². The number of carbonyl (C=O) groups excluding carboxylic acids is 5. The molecule has 1 saturated carbocycles. The van der Waals surface area contributed by atoms with E-state index in [4.69, 9.17) is 17.3 Å². The molecule has 2 aliphatic heterocycles. The van der Waals surface area contributed by atoms with E-state index in [9.17, 15) is 29.1 Å². The summed E-state index contributed by atoms with van der Waals surface area (Å²) in [4.78, 5) is 69.9. The number of primary amides is 1. The summed E-state index contributed by atoms with van der Waals surface area (Å²) in [5.41, 5.74) is 5.01. The fourth-order valence-electron chi connectivity index (χ4n) is 8.07. The molecule has 2 saturated heterocycles. The monoisotopic (exact) mass is 613 g/mol. The summed E-state index contributed by atoms with van der Waals surface area (Å²) < 4.78 is 15.1. The molecule has 0 aromatic heterocycles. The van der Waals surface area contributed by atoms with Crippen molar-refractivity contribution in [1.29, 1.82) is 0 Å². The molecule has 3 fully saturated rings. The number of phenols is 1. The lowest BCUT2D eigenvalue weighted by atomic mass is 9.49. The average molecular weight is 614 g/mol. The van der Waals surface area contributed by atoms with Crippen molar-refractivity contribution >= 4 is 46.9 Å². The van der Waals surface area contributed by atoms with Gasteiger partial charge in [-0.1, -0.05) is 71.8 Å². The number of urea groups is 1. The SMILES string of the molecule is NC(=O)N1C(=O)[C@H]2[C@H](CC=C3[C@H]2C[C@H]2C(=O)N(c4cccc(Cl)c4)C(=O)[C@@]2(c2ccccc2)[C@H]3c2cccc(F)c2O)C1=O. The molecule has 0 unspecified atom stereocenters. The first kappa shape index (κ1) is 28.0. The second kappa shape index (κ2) is 9.85. The van der Waals surface area contributed by atoms with Crippen molar-refractivity contribution in [3.05, 3.63) is 106 Å². The van der Waals surface area contributed by atoms with Crippen LogP contribution in [-0.4, -0.2) is 39.7 Å². The number of hydrogen-bond donors (Lipinski definition) is 2. The molecular formula is C33H25ClFN3O6. The summed E-state index contributed by atoms with van der Waals surface area (Å²) in [5.74, 6) is -9.21. The quantitative estimate of drug-likeness (QED) is 0.331. The van der Waals surface area contributed by atoms with Crippen molar-refractivity contribution in [3.63, 3.8) is 0 Å². The Morgan fingerprint density at radius 2 is 1.66 bits per heavy atom. The molecule has 2 heterocycles. The zero-order chi connectivity index (χ0) is 31.1. The number of carbonyl (C=O) groups is 5. The number of hydrogen-bond acceptors (Lipinski definition) is 6. The van der Waals surface area contributed by atoms with E-state index < -0.39 is 76.2 Å². The predicted octanol–water partition coefficient (Wildman–Crippen LogP) is 4.43. The lowest BCUT2D eigenvalue weighted by Crippen LogP contribution is -2.53. The number of allylic oxidation sites excluding steroid dienone is 2. The topological polar surface area (TPSA) is 138 Å². The number of rotatable bonds is 3. The molecule has 0 radical (unpaired) electrons. The third-order valence-corrected chi connectivity index (χ3v) is 9.95. The molecule has 3 N–H and O–H groups in total. The highest BCUT2D eigenvalue weighted by Gasteiger charge is 2.70. The van der Waals surface area contributed by atoms with Crippen LogP contribution in [0.25, 0.3) is 0 Å². The number of amides is 6. The molecule has 6 atom stereocenters. The van der Waals surface area contributed by atoms with Gasteiger partial charge in [-0.3, -0.25) is 19.2 Å². The van der Waals surface area contributed by atoms with Gasteiger partial charge >= 0.3 is 6.03 Å². The number of imide groups is 4. The van der Waals surface area contributed by atoms with Crippen LogP contribution in [0.3, 0.4) is 0 Å². The number of aromatic hydroxyl groups is 1. The van der Waals surface area contributed by atoms with Crippen LogP contribution in [0.2, 0.25) is 5.02 Å². The number of anilines is 1. The minimum atomic E-state index is -1.67. The van der Waals surface area contributed by atoms with Crippen molar-refractivity contribution < 1.29 is 33.5 Å². The Bertz CT molecular complexity index is 1830. The minimum absolute atomic E-state index is 0.0261. The number of halogens is 2. The third kappa shape index (κ3) is 3.60. The second-order valence-corrected chi connectivity index (χ2v) is 12.1. The van der Waals surface area contributed by atoms with Crippen molar-refractivity contribution in [3.8, 4) is 5.75 Å². The lowest BCUT2D eigenvalue weighted by Gasteiger charge is -2.50. The maximum absolute atomic E-state index is 15.1. The van der Waals surface area contributed by atoms with Crippen molar-refractivity contribution in [2.24, 2.45) is 29.4 Å². The summed E-state index contributed by atoms with van der Waals surface area (Å²) >= 11 is 6.27. The molecule has 2 aliphatic carbocycles. The Morgan fingerprint density at radius 3 is 2.36 bits per heavy atom. The van der Waals surface area contributed by atoms with Gasteiger partial charge in [-0.25, -0.2) is 14.1 Å². The average Bonchev–Trinajstić information content (AvgIpc) is 3.40. The van der Waals surface area contributed by atoms with Gasteiger partial charge < -0.3 is 10.8 Å². The van der Waals surface area contributed by atoms with E-state index in [-0.39, 0.29) is 24.1 Å².